The number of thiophene rings is 1. The summed E-state index contributed by atoms with van der Waals surface area (Å²) in [6.07, 6.45) is 0. The maximum absolute atomic E-state index is 12.8. The molecule has 2 aromatic heterocycles. The van der Waals surface area contributed by atoms with Gasteiger partial charge in [0.1, 0.15) is 4.83 Å². The number of carbonyl (C=O) groups excluding carboxylic acids is 1. The standard InChI is InChI=1S/C20H26N4OS.ClH/c1-13(2)20(4,12-21)22-18(25)17-10-16-14(3)23-24(19(16)26-17)11-15-8-6-5-7-9-15;/h5-10,13H,11-12,21H2,1-4H3,(H,22,25);1H. The van der Waals surface area contributed by atoms with Crippen LogP contribution in [-0.4, -0.2) is 27.8 Å². The molecule has 3 rings (SSSR count). The van der Waals surface area contributed by atoms with Gasteiger partial charge in [0, 0.05) is 11.9 Å². The first-order valence-electron chi connectivity index (χ1n) is 8.87. The van der Waals surface area contributed by atoms with Crippen molar-refractivity contribution in [3.8, 4) is 0 Å². The van der Waals surface area contributed by atoms with Gasteiger partial charge in [0.2, 0.25) is 0 Å². The van der Waals surface area contributed by atoms with Gasteiger partial charge in [0.25, 0.3) is 5.91 Å². The summed E-state index contributed by atoms with van der Waals surface area (Å²) in [5.41, 5.74) is 7.61. The van der Waals surface area contributed by atoms with E-state index in [1.165, 1.54) is 16.9 Å². The largest absolute Gasteiger partial charge is 0.345 e. The summed E-state index contributed by atoms with van der Waals surface area (Å²) < 4.78 is 1.98. The van der Waals surface area contributed by atoms with Crippen molar-refractivity contribution in [3.63, 3.8) is 0 Å². The maximum Gasteiger partial charge on any atom is 0.261 e. The molecule has 0 aliphatic rings. The van der Waals surface area contributed by atoms with Crippen LogP contribution in [0.5, 0.6) is 0 Å². The van der Waals surface area contributed by atoms with Crippen LogP contribution in [0.2, 0.25) is 0 Å². The minimum absolute atomic E-state index is 0. The third-order valence-corrected chi connectivity index (χ3v) is 6.25. The number of hydrogen-bond donors (Lipinski definition) is 2. The number of benzene rings is 1. The molecule has 0 fully saturated rings. The highest BCUT2D eigenvalue weighted by Crippen LogP contribution is 2.29. The van der Waals surface area contributed by atoms with Crippen LogP contribution >= 0.6 is 23.7 Å². The fourth-order valence-corrected chi connectivity index (χ4v) is 3.90. The zero-order valence-corrected chi connectivity index (χ0v) is 17.8. The van der Waals surface area contributed by atoms with E-state index in [0.29, 0.717) is 18.0 Å². The average Bonchev–Trinajstić information content (AvgIpc) is 3.17. The van der Waals surface area contributed by atoms with Crippen molar-refractivity contribution in [1.82, 2.24) is 15.1 Å². The zero-order chi connectivity index (χ0) is 18.9. The number of nitrogens with zero attached hydrogens (tertiary/aromatic N) is 2. The van der Waals surface area contributed by atoms with Crippen LogP contribution in [0.25, 0.3) is 10.2 Å². The van der Waals surface area contributed by atoms with Crippen LogP contribution in [0.4, 0.5) is 0 Å². The molecule has 1 unspecified atom stereocenters. The monoisotopic (exact) mass is 406 g/mol. The van der Waals surface area contributed by atoms with Crippen molar-refractivity contribution in [2.45, 2.75) is 39.8 Å². The summed E-state index contributed by atoms with van der Waals surface area (Å²) in [5, 5.41) is 8.79. The highest BCUT2D eigenvalue weighted by molar-refractivity contribution is 7.20. The predicted molar refractivity (Wildman–Crippen MR) is 115 cm³/mol. The zero-order valence-electron chi connectivity index (χ0n) is 16.2. The van der Waals surface area contributed by atoms with Crippen molar-refractivity contribution in [1.29, 1.82) is 0 Å². The van der Waals surface area contributed by atoms with E-state index < -0.39 is 5.54 Å². The summed E-state index contributed by atoms with van der Waals surface area (Å²) >= 11 is 1.48. The molecule has 1 atom stereocenters. The molecular weight excluding hydrogens is 380 g/mol. The van der Waals surface area contributed by atoms with Gasteiger partial charge in [-0.15, -0.1) is 23.7 Å². The van der Waals surface area contributed by atoms with Gasteiger partial charge in [-0.1, -0.05) is 44.2 Å². The minimum Gasteiger partial charge on any atom is -0.345 e. The Morgan fingerprint density at radius 3 is 2.59 bits per heavy atom. The Morgan fingerprint density at radius 2 is 2.00 bits per heavy atom. The number of nitrogens with one attached hydrogen (secondary N) is 1. The van der Waals surface area contributed by atoms with Crippen molar-refractivity contribution in [2.75, 3.05) is 6.54 Å². The number of aryl methyl sites for hydroxylation is 1. The van der Waals surface area contributed by atoms with Gasteiger partial charge in [0.15, 0.2) is 0 Å². The Kier molecular flexibility index (Phi) is 6.68. The summed E-state index contributed by atoms with van der Waals surface area (Å²) in [5.74, 6) is 0.180. The summed E-state index contributed by atoms with van der Waals surface area (Å²) in [4.78, 5) is 14.5. The molecule has 5 nitrogen and oxygen atoms in total. The second-order valence-electron chi connectivity index (χ2n) is 7.29. The fraction of sp³-hybridized carbons (Fsp3) is 0.400. The van der Waals surface area contributed by atoms with Gasteiger partial charge in [-0.25, -0.2) is 0 Å². The van der Waals surface area contributed by atoms with Crippen LogP contribution in [0.1, 0.15) is 41.7 Å². The first-order valence-corrected chi connectivity index (χ1v) is 9.69. The number of hydrogen-bond acceptors (Lipinski definition) is 4. The lowest BCUT2D eigenvalue weighted by Crippen LogP contribution is -2.54. The summed E-state index contributed by atoms with van der Waals surface area (Å²) in [7, 11) is 0. The molecule has 0 radical (unpaired) electrons. The molecule has 0 spiro atoms. The molecule has 2 heterocycles. The van der Waals surface area contributed by atoms with E-state index in [0.717, 1.165) is 15.9 Å². The quantitative estimate of drug-likeness (QED) is 0.650. The Morgan fingerprint density at radius 1 is 1.33 bits per heavy atom. The minimum atomic E-state index is -0.418. The fourth-order valence-electron chi connectivity index (χ4n) is 2.84. The lowest BCUT2D eigenvalue weighted by molar-refractivity contribution is 0.0887. The molecule has 146 valence electrons. The number of nitrogens with two attached hydrogens (primary N) is 1. The maximum atomic E-state index is 12.8. The van der Waals surface area contributed by atoms with Crippen LogP contribution in [0, 0.1) is 12.8 Å². The van der Waals surface area contributed by atoms with E-state index in [1.807, 2.05) is 42.8 Å². The Hall–Kier alpha value is -1.89. The van der Waals surface area contributed by atoms with Crippen molar-refractivity contribution < 1.29 is 4.79 Å². The number of carbonyl (C=O) groups is 1. The number of fused-ring (bicyclic) bond motifs is 1. The second kappa shape index (κ2) is 8.42. The number of aromatic nitrogens is 2. The Bertz CT molecular complexity index is 919. The molecule has 3 aromatic rings. The Labute approximate surface area is 170 Å². The topological polar surface area (TPSA) is 72.9 Å². The molecule has 0 bridgehead atoms. The van der Waals surface area contributed by atoms with Crippen LogP contribution in [-0.2, 0) is 6.54 Å². The van der Waals surface area contributed by atoms with Gasteiger partial charge in [0.05, 0.1) is 22.7 Å². The highest BCUT2D eigenvalue weighted by atomic mass is 35.5. The summed E-state index contributed by atoms with van der Waals surface area (Å²) in [6.45, 7) is 9.21. The normalized spacial score (nSPS) is 13.4. The van der Waals surface area contributed by atoms with Crippen molar-refractivity contribution >= 4 is 39.9 Å². The van der Waals surface area contributed by atoms with Gasteiger partial charge in [-0.3, -0.25) is 9.48 Å². The second-order valence-corrected chi connectivity index (χ2v) is 8.32. The van der Waals surface area contributed by atoms with E-state index in [2.05, 4.69) is 36.4 Å². The lowest BCUT2D eigenvalue weighted by Gasteiger charge is -2.33. The van der Waals surface area contributed by atoms with E-state index in [4.69, 9.17) is 5.73 Å². The van der Waals surface area contributed by atoms with Gasteiger partial charge >= 0.3 is 0 Å². The molecule has 0 saturated carbocycles. The molecule has 1 aromatic carbocycles. The smallest absolute Gasteiger partial charge is 0.261 e. The Balaban J connectivity index is 0.00000261. The molecule has 0 aliphatic heterocycles. The van der Waals surface area contributed by atoms with Crippen LogP contribution in [0.15, 0.2) is 36.4 Å². The molecular formula is C20H27ClN4OS. The molecule has 1 amide bonds. The average molecular weight is 407 g/mol. The SMILES string of the molecule is Cc1nn(Cc2ccccc2)c2sc(C(=O)NC(C)(CN)C(C)C)cc12.Cl. The van der Waals surface area contributed by atoms with Gasteiger partial charge in [-0.05, 0) is 31.4 Å². The van der Waals surface area contributed by atoms with Crippen LogP contribution in [0.3, 0.4) is 0 Å². The first-order chi connectivity index (χ1) is 12.3. The molecule has 7 heteroatoms. The molecule has 27 heavy (non-hydrogen) atoms. The number of halogens is 1. The van der Waals surface area contributed by atoms with E-state index >= 15 is 0 Å². The van der Waals surface area contributed by atoms with Gasteiger partial charge < -0.3 is 11.1 Å². The van der Waals surface area contributed by atoms with E-state index in [-0.39, 0.29) is 24.2 Å². The lowest BCUT2D eigenvalue weighted by atomic mass is 9.88. The van der Waals surface area contributed by atoms with Crippen LogP contribution < -0.4 is 11.1 Å². The van der Waals surface area contributed by atoms with Gasteiger partial charge in [-0.2, -0.15) is 5.10 Å². The first kappa shape index (κ1) is 21.4. The predicted octanol–water partition coefficient (Wildman–Crippen LogP) is 3.98. The number of amides is 1. The third-order valence-electron chi connectivity index (χ3n) is 5.10. The van der Waals surface area contributed by atoms with E-state index in [1.54, 1.807) is 0 Å². The number of rotatable bonds is 6. The van der Waals surface area contributed by atoms with E-state index in [9.17, 15) is 4.79 Å². The molecule has 0 aliphatic carbocycles. The summed E-state index contributed by atoms with van der Waals surface area (Å²) in [6, 6.07) is 12.2. The molecule has 3 N–H and O–H groups in total. The highest BCUT2D eigenvalue weighted by Gasteiger charge is 2.29. The van der Waals surface area contributed by atoms with Crippen molar-refractivity contribution in [2.24, 2.45) is 11.7 Å². The molecule has 0 saturated heterocycles. The third kappa shape index (κ3) is 4.34. The van der Waals surface area contributed by atoms with Crippen molar-refractivity contribution in [3.05, 3.63) is 52.5 Å².